The maximum absolute atomic E-state index is 10.8. The van der Waals surface area contributed by atoms with Crippen molar-refractivity contribution in [2.45, 2.75) is 6.32 Å². The van der Waals surface area contributed by atoms with Gasteiger partial charge in [0.2, 0.25) is 0 Å². The smallest absolute Gasteiger partial charge is 0.330 e. The Morgan fingerprint density at radius 3 is 2.57 bits per heavy atom. The van der Waals surface area contributed by atoms with Crippen LogP contribution in [0.2, 0.25) is 0 Å². The minimum Gasteiger partial charge on any atom is -0.466 e. The fourth-order valence-electron chi connectivity index (χ4n) is 1.10. The number of carbonyl (C=O) groups is 1. The standard InChI is InChI=1S/C11H13BO2/c1-14-11(13)7-6-9-2-4-10(8-12)5-3-9/h2-7H,8,12H2,1H3/b7-6+. The molecule has 0 aliphatic carbocycles. The first-order chi connectivity index (χ1) is 6.76. The van der Waals surface area contributed by atoms with Gasteiger partial charge < -0.3 is 4.74 Å². The molecule has 0 atom stereocenters. The van der Waals surface area contributed by atoms with Crippen LogP contribution in [-0.4, -0.2) is 20.9 Å². The van der Waals surface area contributed by atoms with Gasteiger partial charge in [-0.2, -0.15) is 0 Å². The molecule has 1 aromatic rings. The molecule has 0 unspecified atom stereocenters. The maximum atomic E-state index is 10.8. The molecule has 14 heavy (non-hydrogen) atoms. The van der Waals surface area contributed by atoms with Crippen LogP contribution in [0.3, 0.4) is 0 Å². The Bertz CT molecular complexity index is 328. The summed E-state index contributed by atoms with van der Waals surface area (Å²) < 4.78 is 4.49. The van der Waals surface area contributed by atoms with Crippen LogP contribution in [0.15, 0.2) is 30.3 Å². The van der Waals surface area contributed by atoms with Gasteiger partial charge in [0.15, 0.2) is 0 Å². The molecule has 1 rings (SSSR count). The maximum Gasteiger partial charge on any atom is 0.330 e. The highest BCUT2D eigenvalue weighted by atomic mass is 16.5. The fourth-order valence-corrected chi connectivity index (χ4v) is 1.10. The Hall–Kier alpha value is -1.51. The van der Waals surface area contributed by atoms with Crippen LogP contribution in [0, 0.1) is 0 Å². The lowest BCUT2D eigenvalue weighted by Gasteiger charge is -1.96. The summed E-state index contributed by atoms with van der Waals surface area (Å²) in [5.74, 6) is -0.329. The van der Waals surface area contributed by atoms with Gasteiger partial charge >= 0.3 is 5.97 Å². The number of carbonyl (C=O) groups excluding carboxylic acids is 1. The molecule has 0 fully saturated rings. The molecule has 0 radical (unpaired) electrons. The summed E-state index contributed by atoms with van der Waals surface area (Å²) in [5.41, 5.74) is 2.30. The summed E-state index contributed by atoms with van der Waals surface area (Å²) in [6.45, 7) is 0. The molecule has 0 aliphatic heterocycles. The first-order valence-corrected chi connectivity index (χ1v) is 4.61. The van der Waals surface area contributed by atoms with Crippen LogP contribution in [0.5, 0.6) is 0 Å². The molecule has 0 spiro atoms. The Morgan fingerprint density at radius 1 is 1.43 bits per heavy atom. The predicted octanol–water partition coefficient (Wildman–Crippen LogP) is 1.01. The van der Waals surface area contributed by atoms with Gasteiger partial charge in [-0.05, 0) is 11.6 Å². The number of ether oxygens (including phenoxy) is 1. The number of methoxy groups -OCH3 is 1. The van der Waals surface area contributed by atoms with Crippen molar-refractivity contribution in [1.29, 1.82) is 0 Å². The Kier molecular flexibility index (Phi) is 3.98. The summed E-state index contributed by atoms with van der Waals surface area (Å²) in [7, 11) is 3.48. The highest BCUT2D eigenvalue weighted by Gasteiger charge is 1.92. The third-order valence-corrected chi connectivity index (χ3v) is 2.00. The highest BCUT2D eigenvalue weighted by molar-refractivity contribution is 6.08. The Balaban J connectivity index is 2.68. The lowest BCUT2D eigenvalue weighted by Crippen LogP contribution is -1.93. The molecule has 1 aromatic carbocycles. The van der Waals surface area contributed by atoms with Gasteiger partial charge in [-0.3, -0.25) is 0 Å². The van der Waals surface area contributed by atoms with Crippen LogP contribution < -0.4 is 0 Å². The third kappa shape index (κ3) is 3.09. The average molecular weight is 188 g/mol. The minimum atomic E-state index is -0.329. The molecule has 2 nitrogen and oxygen atoms in total. The molecule has 0 aromatic heterocycles. The van der Waals surface area contributed by atoms with E-state index < -0.39 is 0 Å². The molecular weight excluding hydrogens is 175 g/mol. The van der Waals surface area contributed by atoms with E-state index in [0.717, 1.165) is 11.9 Å². The first-order valence-electron chi connectivity index (χ1n) is 4.61. The van der Waals surface area contributed by atoms with Crippen LogP contribution in [0.4, 0.5) is 0 Å². The summed E-state index contributed by atoms with van der Waals surface area (Å²) in [6.07, 6.45) is 4.19. The second kappa shape index (κ2) is 5.27. The van der Waals surface area contributed by atoms with Crippen molar-refractivity contribution in [2.24, 2.45) is 0 Å². The second-order valence-corrected chi connectivity index (χ2v) is 2.95. The zero-order valence-electron chi connectivity index (χ0n) is 8.49. The van der Waals surface area contributed by atoms with Crippen molar-refractivity contribution in [3.05, 3.63) is 41.5 Å². The van der Waals surface area contributed by atoms with E-state index in [1.165, 1.54) is 18.7 Å². The summed E-state index contributed by atoms with van der Waals surface area (Å²) >= 11 is 0. The van der Waals surface area contributed by atoms with E-state index >= 15 is 0 Å². The summed E-state index contributed by atoms with van der Waals surface area (Å²) in [5, 5.41) is 0. The van der Waals surface area contributed by atoms with E-state index in [-0.39, 0.29) is 5.97 Å². The molecular formula is C11H13BO2. The normalized spacial score (nSPS) is 10.4. The largest absolute Gasteiger partial charge is 0.466 e. The summed E-state index contributed by atoms with van der Waals surface area (Å²) in [4.78, 5) is 10.8. The van der Waals surface area contributed by atoms with E-state index in [9.17, 15) is 4.79 Å². The van der Waals surface area contributed by atoms with Gasteiger partial charge in [0.1, 0.15) is 7.85 Å². The third-order valence-electron chi connectivity index (χ3n) is 2.00. The van der Waals surface area contributed by atoms with E-state index in [4.69, 9.17) is 0 Å². The van der Waals surface area contributed by atoms with Gasteiger partial charge in [0.25, 0.3) is 0 Å². The molecule has 0 amide bonds. The van der Waals surface area contributed by atoms with Gasteiger partial charge in [-0.25, -0.2) is 4.79 Å². The van der Waals surface area contributed by atoms with Crippen molar-refractivity contribution < 1.29 is 9.53 Å². The van der Waals surface area contributed by atoms with E-state index in [0.29, 0.717) is 0 Å². The van der Waals surface area contributed by atoms with Crippen LogP contribution in [0.25, 0.3) is 6.08 Å². The molecule has 0 saturated heterocycles. The van der Waals surface area contributed by atoms with Gasteiger partial charge in [0, 0.05) is 6.08 Å². The number of hydrogen-bond donors (Lipinski definition) is 0. The van der Waals surface area contributed by atoms with Crippen LogP contribution in [0.1, 0.15) is 11.1 Å². The molecule has 0 bridgehead atoms. The number of esters is 1. The van der Waals surface area contributed by atoms with Crippen molar-refractivity contribution >= 4 is 19.9 Å². The Labute approximate surface area is 85.0 Å². The summed E-state index contributed by atoms with van der Waals surface area (Å²) in [6, 6.07) is 8.07. The molecule has 0 saturated carbocycles. The van der Waals surface area contributed by atoms with E-state index in [1.807, 2.05) is 12.1 Å². The lowest BCUT2D eigenvalue weighted by atomic mass is 9.96. The highest BCUT2D eigenvalue weighted by Crippen LogP contribution is 2.05. The number of rotatable bonds is 3. The van der Waals surface area contributed by atoms with Crippen molar-refractivity contribution in [3.8, 4) is 0 Å². The quantitative estimate of drug-likeness (QED) is 0.402. The number of hydrogen-bond acceptors (Lipinski definition) is 2. The predicted molar refractivity (Wildman–Crippen MR) is 59.7 cm³/mol. The fraction of sp³-hybridized carbons (Fsp3) is 0.182. The SMILES string of the molecule is BCc1ccc(/C=C/C(=O)OC)cc1. The zero-order valence-corrected chi connectivity index (χ0v) is 8.49. The molecule has 0 heterocycles. The number of benzene rings is 1. The van der Waals surface area contributed by atoms with Gasteiger partial charge in [-0.1, -0.05) is 36.1 Å². The van der Waals surface area contributed by atoms with Crippen LogP contribution in [-0.2, 0) is 15.9 Å². The van der Waals surface area contributed by atoms with Crippen molar-refractivity contribution in [3.63, 3.8) is 0 Å². The minimum absolute atomic E-state index is 0.329. The second-order valence-electron chi connectivity index (χ2n) is 2.95. The van der Waals surface area contributed by atoms with E-state index in [1.54, 1.807) is 6.08 Å². The van der Waals surface area contributed by atoms with Gasteiger partial charge in [0.05, 0.1) is 7.11 Å². The Morgan fingerprint density at radius 2 is 2.07 bits per heavy atom. The lowest BCUT2D eigenvalue weighted by molar-refractivity contribution is -0.134. The topological polar surface area (TPSA) is 26.3 Å². The monoisotopic (exact) mass is 188 g/mol. The first kappa shape index (κ1) is 10.6. The van der Waals surface area contributed by atoms with Crippen molar-refractivity contribution in [1.82, 2.24) is 0 Å². The van der Waals surface area contributed by atoms with E-state index in [2.05, 4.69) is 24.7 Å². The molecule has 0 N–H and O–H groups in total. The zero-order chi connectivity index (χ0) is 10.4. The van der Waals surface area contributed by atoms with Crippen molar-refractivity contribution in [2.75, 3.05) is 7.11 Å². The van der Waals surface area contributed by atoms with Gasteiger partial charge in [-0.15, -0.1) is 0 Å². The molecule has 0 aliphatic rings. The molecule has 3 heteroatoms. The average Bonchev–Trinajstić information content (AvgIpc) is 2.26. The molecule has 72 valence electrons. The van der Waals surface area contributed by atoms with Crippen LogP contribution >= 0.6 is 0 Å².